The molecule has 2 aromatic rings. The molecule has 0 aliphatic rings. The van der Waals surface area contributed by atoms with Crippen molar-refractivity contribution in [3.8, 4) is 0 Å². The maximum Gasteiger partial charge on any atom is 0.237 e. The van der Waals surface area contributed by atoms with Gasteiger partial charge in [0.2, 0.25) is 5.91 Å². The average Bonchev–Trinajstić information content (AvgIpc) is 2.44. The zero-order valence-corrected chi connectivity index (χ0v) is 14.4. The van der Waals surface area contributed by atoms with Crippen LogP contribution < -0.4 is 11.1 Å². The number of rotatable bonds is 4. The number of hydrogen-bond acceptors (Lipinski definition) is 3. The van der Waals surface area contributed by atoms with E-state index in [1.54, 1.807) is 18.2 Å². The molecule has 0 saturated heterocycles. The summed E-state index contributed by atoms with van der Waals surface area (Å²) in [6, 6.07) is 12.8. The predicted molar refractivity (Wildman–Crippen MR) is 94.0 cm³/mol. The number of nitrogens with two attached hydrogens (primary N) is 1. The smallest absolute Gasteiger partial charge is 0.237 e. The zero-order chi connectivity index (χ0) is 15.4. The number of nitrogens with one attached hydrogen (secondary N) is 1. The van der Waals surface area contributed by atoms with E-state index in [9.17, 15) is 4.79 Å². The molecule has 21 heavy (non-hydrogen) atoms. The van der Waals surface area contributed by atoms with Gasteiger partial charge >= 0.3 is 0 Å². The number of hydrogen-bond donors (Lipinski definition) is 2. The van der Waals surface area contributed by atoms with Crippen LogP contribution >= 0.6 is 39.3 Å². The first-order valence-electron chi connectivity index (χ1n) is 6.24. The van der Waals surface area contributed by atoms with E-state index in [4.69, 9.17) is 17.3 Å². The van der Waals surface area contributed by atoms with E-state index in [0.717, 1.165) is 9.37 Å². The summed E-state index contributed by atoms with van der Waals surface area (Å²) >= 11 is 11.0. The van der Waals surface area contributed by atoms with Gasteiger partial charge in [0.15, 0.2) is 0 Å². The summed E-state index contributed by atoms with van der Waals surface area (Å²) < 4.78 is 0.972. The molecule has 3 nitrogen and oxygen atoms in total. The van der Waals surface area contributed by atoms with Crippen molar-refractivity contribution in [3.05, 3.63) is 52.0 Å². The maximum absolute atomic E-state index is 12.2. The molecule has 1 unspecified atom stereocenters. The molecule has 0 aliphatic heterocycles. The lowest BCUT2D eigenvalue weighted by Gasteiger charge is -2.14. The summed E-state index contributed by atoms with van der Waals surface area (Å²) in [7, 11) is 0. The highest BCUT2D eigenvalue weighted by Gasteiger charge is 2.16. The summed E-state index contributed by atoms with van der Waals surface area (Å²) in [6.07, 6.45) is 0. The van der Waals surface area contributed by atoms with E-state index in [1.165, 1.54) is 11.8 Å². The Morgan fingerprint density at radius 3 is 2.71 bits per heavy atom. The van der Waals surface area contributed by atoms with E-state index >= 15 is 0 Å². The van der Waals surface area contributed by atoms with E-state index in [-0.39, 0.29) is 11.2 Å². The summed E-state index contributed by atoms with van der Waals surface area (Å²) in [6.45, 7) is 1.85. The molecule has 0 aromatic heterocycles. The first kappa shape index (κ1) is 16.2. The highest BCUT2D eigenvalue weighted by Crippen LogP contribution is 2.31. The van der Waals surface area contributed by atoms with Crippen LogP contribution in [-0.4, -0.2) is 11.2 Å². The molecular weight excluding hydrogens is 372 g/mol. The van der Waals surface area contributed by atoms with Crippen LogP contribution in [0.2, 0.25) is 5.02 Å². The average molecular weight is 386 g/mol. The second-order valence-electron chi connectivity index (χ2n) is 4.42. The van der Waals surface area contributed by atoms with Gasteiger partial charge < -0.3 is 11.1 Å². The molecule has 0 aliphatic carbocycles. The Balaban J connectivity index is 2.04. The second-order valence-corrected chi connectivity index (χ2v) is 7.06. The lowest BCUT2D eigenvalue weighted by atomic mass is 10.2. The fourth-order valence-corrected chi connectivity index (χ4v) is 3.34. The zero-order valence-electron chi connectivity index (χ0n) is 11.3. The molecule has 0 radical (unpaired) electrons. The van der Waals surface area contributed by atoms with Gasteiger partial charge in [0, 0.05) is 15.1 Å². The maximum atomic E-state index is 12.2. The normalized spacial score (nSPS) is 12.0. The Morgan fingerprint density at radius 2 is 2.05 bits per heavy atom. The SMILES string of the molecule is CC(Sc1ccccc1Br)C(=O)Nc1ccc(N)cc1Cl. The molecular formula is C15H14BrClN2OS. The minimum atomic E-state index is -0.252. The van der Waals surface area contributed by atoms with Crippen LogP contribution in [0.3, 0.4) is 0 Å². The van der Waals surface area contributed by atoms with Crippen molar-refractivity contribution < 1.29 is 4.79 Å². The third kappa shape index (κ3) is 4.40. The number of carbonyl (C=O) groups excluding carboxylic acids is 1. The van der Waals surface area contributed by atoms with Crippen LogP contribution in [0.25, 0.3) is 0 Å². The van der Waals surface area contributed by atoms with Crippen molar-refractivity contribution in [1.82, 2.24) is 0 Å². The van der Waals surface area contributed by atoms with Crippen molar-refractivity contribution >= 4 is 56.6 Å². The molecule has 0 saturated carbocycles. The highest BCUT2D eigenvalue weighted by molar-refractivity contribution is 9.10. The molecule has 1 atom stereocenters. The lowest BCUT2D eigenvalue weighted by molar-refractivity contribution is -0.115. The summed E-state index contributed by atoms with van der Waals surface area (Å²) in [4.78, 5) is 13.2. The molecule has 0 heterocycles. The van der Waals surface area contributed by atoms with Crippen LogP contribution in [-0.2, 0) is 4.79 Å². The standard InChI is InChI=1S/C15H14BrClN2OS/c1-9(21-14-5-3-2-4-11(14)16)15(20)19-13-7-6-10(18)8-12(13)17/h2-9H,18H2,1H3,(H,19,20). The van der Waals surface area contributed by atoms with Gasteiger partial charge in [-0.05, 0) is 53.2 Å². The van der Waals surface area contributed by atoms with Gasteiger partial charge in [0.25, 0.3) is 0 Å². The molecule has 2 aromatic carbocycles. The Labute approximate surface area is 141 Å². The van der Waals surface area contributed by atoms with Gasteiger partial charge in [-0.15, -0.1) is 11.8 Å². The van der Waals surface area contributed by atoms with Gasteiger partial charge in [-0.2, -0.15) is 0 Å². The van der Waals surface area contributed by atoms with Crippen LogP contribution in [0, 0.1) is 0 Å². The topological polar surface area (TPSA) is 55.1 Å². The van der Waals surface area contributed by atoms with Crippen LogP contribution in [0.1, 0.15) is 6.92 Å². The van der Waals surface area contributed by atoms with Crippen molar-refractivity contribution in [2.45, 2.75) is 17.1 Å². The van der Waals surface area contributed by atoms with Gasteiger partial charge in [0.05, 0.1) is 16.0 Å². The first-order valence-corrected chi connectivity index (χ1v) is 8.29. The van der Waals surface area contributed by atoms with E-state index in [1.807, 2.05) is 31.2 Å². The van der Waals surface area contributed by atoms with Crippen molar-refractivity contribution in [1.29, 1.82) is 0 Å². The third-order valence-electron chi connectivity index (χ3n) is 2.76. The first-order chi connectivity index (χ1) is 9.97. The monoisotopic (exact) mass is 384 g/mol. The minimum absolute atomic E-state index is 0.109. The van der Waals surface area contributed by atoms with Crippen molar-refractivity contribution in [2.75, 3.05) is 11.1 Å². The Morgan fingerprint density at radius 1 is 1.33 bits per heavy atom. The molecule has 0 spiro atoms. The van der Waals surface area contributed by atoms with Crippen LogP contribution in [0.4, 0.5) is 11.4 Å². The quantitative estimate of drug-likeness (QED) is 0.587. The van der Waals surface area contributed by atoms with Crippen molar-refractivity contribution in [3.63, 3.8) is 0 Å². The second kappa shape index (κ2) is 7.20. The fourth-order valence-electron chi connectivity index (χ4n) is 1.65. The lowest BCUT2D eigenvalue weighted by Crippen LogP contribution is -2.22. The number of nitrogen functional groups attached to an aromatic ring is 1. The fraction of sp³-hybridized carbons (Fsp3) is 0.133. The third-order valence-corrected chi connectivity index (χ3v) is 5.20. The van der Waals surface area contributed by atoms with E-state index in [0.29, 0.717) is 16.4 Å². The highest BCUT2D eigenvalue weighted by atomic mass is 79.9. The minimum Gasteiger partial charge on any atom is -0.399 e. The Kier molecular flexibility index (Phi) is 5.56. The molecule has 0 fully saturated rings. The van der Waals surface area contributed by atoms with Crippen LogP contribution in [0.15, 0.2) is 51.8 Å². The van der Waals surface area contributed by atoms with E-state index < -0.39 is 0 Å². The summed E-state index contributed by atoms with van der Waals surface area (Å²) in [5.74, 6) is -0.109. The number of benzene rings is 2. The Bertz CT molecular complexity index is 666. The number of thioether (sulfide) groups is 1. The van der Waals surface area contributed by atoms with Crippen molar-refractivity contribution in [2.24, 2.45) is 0 Å². The molecule has 3 N–H and O–H groups in total. The molecule has 110 valence electrons. The molecule has 1 amide bonds. The van der Waals surface area contributed by atoms with Gasteiger partial charge in [0.1, 0.15) is 0 Å². The van der Waals surface area contributed by atoms with E-state index in [2.05, 4.69) is 21.2 Å². The van der Waals surface area contributed by atoms with Gasteiger partial charge in [-0.3, -0.25) is 4.79 Å². The number of amides is 1. The summed E-state index contributed by atoms with van der Waals surface area (Å²) in [5, 5.41) is 2.99. The van der Waals surface area contributed by atoms with Crippen LogP contribution in [0.5, 0.6) is 0 Å². The summed E-state index contributed by atoms with van der Waals surface area (Å²) in [5.41, 5.74) is 6.76. The molecule has 6 heteroatoms. The largest absolute Gasteiger partial charge is 0.399 e. The van der Waals surface area contributed by atoms with Gasteiger partial charge in [-0.1, -0.05) is 23.7 Å². The number of anilines is 2. The number of halogens is 2. The molecule has 2 rings (SSSR count). The van der Waals surface area contributed by atoms with Gasteiger partial charge in [-0.25, -0.2) is 0 Å². The predicted octanol–water partition coefficient (Wildman–Crippen LogP) is 4.80. The number of carbonyl (C=O) groups is 1. The molecule has 0 bridgehead atoms. The Hall–Kier alpha value is -1.17.